The van der Waals surface area contributed by atoms with Crippen LogP contribution < -0.4 is 9.04 Å². The summed E-state index contributed by atoms with van der Waals surface area (Å²) in [4.78, 5) is 26.5. The van der Waals surface area contributed by atoms with E-state index in [0.717, 1.165) is 9.87 Å². The highest BCUT2D eigenvalue weighted by molar-refractivity contribution is 7.92. The summed E-state index contributed by atoms with van der Waals surface area (Å²) in [6.45, 7) is 4.66. The number of carbonyl (C=O) groups is 2. The van der Waals surface area contributed by atoms with Crippen molar-refractivity contribution in [2.75, 3.05) is 37.7 Å². The minimum atomic E-state index is -4.00. The van der Waals surface area contributed by atoms with Gasteiger partial charge in [0.05, 0.1) is 30.2 Å². The predicted molar refractivity (Wildman–Crippen MR) is 125 cm³/mol. The van der Waals surface area contributed by atoms with Crippen molar-refractivity contribution in [3.63, 3.8) is 0 Å². The molecule has 3 rings (SSSR count). The number of likely N-dealkylation sites (tertiary alicyclic amines) is 1. The summed E-state index contributed by atoms with van der Waals surface area (Å²) in [5.74, 6) is -0.252. The number of esters is 1. The Balaban J connectivity index is 1.84. The van der Waals surface area contributed by atoms with Crippen LogP contribution in [0, 0.1) is 12.8 Å². The number of hydrogen-bond donors (Lipinski definition) is 0. The molecule has 0 bridgehead atoms. The monoisotopic (exact) mass is 474 g/mol. The van der Waals surface area contributed by atoms with Crippen LogP contribution in [0.3, 0.4) is 0 Å². The maximum Gasteiger partial charge on any atom is 0.308 e. The van der Waals surface area contributed by atoms with Gasteiger partial charge in [-0.3, -0.25) is 13.9 Å². The second kappa shape index (κ2) is 10.7. The van der Waals surface area contributed by atoms with E-state index in [1.807, 2.05) is 26.0 Å². The zero-order chi connectivity index (χ0) is 24.0. The molecular formula is C24H30N2O6S. The molecule has 1 aliphatic rings. The first-order valence-corrected chi connectivity index (χ1v) is 12.4. The molecule has 0 aromatic heterocycles. The Kier molecular flexibility index (Phi) is 7.97. The second-order valence-electron chi connectivity index (χ2n) is 7.93. The largest absolute Gasteiger partial charge is 0.494 e. The number of nitrogens with zero attached hydrogens (tertiary/aromatic N) is 2. The molecule has 0 unspecified atom stereocenters. The molecule has 0 N–H and O–H groups in total. The molecule has 1 heterocycles. The molecule has 8 nitrogen and oxygen atoms in total. The molecule has 178 valence electrons. The van der Waals surface area contributed by atoms with Crippen molar-refractivity contribution in [1.82, 2.24) is 4.90 Å². The lowest BCUT2D eigenvalue weighted by atomic mass is 9.97. The first-order valence-electron chi connectivity index (χ1n) is 10.9. The van der Waals surface area contributed by atoms with Crippen LogP contribution in [-0.4, -0.2) is 58.5 Å². The summed E-state index contributed by atoms with van der Waals surface area (Å²) in [6, 6.07) is 13.2. The molecule has 33 heavy (non-hydrogen) atoms. The molecule has 1 aliphatic heterocycles. The molecule has 0 saturated carbocycles. The number of aryl methyl sites for hydroxylation is 1. The number of anilines is 1. The number of hydrogen-bond acceptors (Lipinski definition) is 6. The Morgan fingerprint density at radius 3 is 2.18 bits per heavy atom. The van der Waals surface area contributed by atoms with Gasteiger partial charge in [0.2, 0.25) is 5.91 Å². The molecule has 1 fully saturated rings. The summed E-state index contributed by atoms with van der Waals surface area (Å²) in [5, 5.41) is 0. The molecule has 0 atom stereocenters. The van der Waals surface area contributed by atoms with Gasteiger partial charge >= 0.3 is 5.97 Å². The smallest absolute Gasteiger partial charge is 0.308 e. The fraction of sp³-hybridized carbons (Fsp3) is 0.417. The minimum Gasteiger partial charge on any atom is -0.494 e. The van der Waals surface area contributed by atoms with Crippen molar-refractivity contribution in [1.29, 1.82) is 0 Å². The number of amides is 1. The molecule has 0 spiro atoms. The van der Waals surface area contributed by atoms with E-state index in [1.54, 1.807) is 29.2 Å². The maximum atomic E-state index is 13.5. The molecule has 9 heteroatoms. The van der Waals surface area contributed by atoms with Gasteiger partial charge in [0, 0.05) is 13.1 Å². The predicted octanol–water partition coefficient (Wildman–Crippen LogP) is 3.00. The second-order valence-corrected chi connectivity index (χ2v) is 9.79. The lowest BCUT2D eigenvalue weighted by Gasteiger charge is -2.33. The fourth-order valence-electron chi connectivity index (χ4n) is 3.78. The van der Waals surface area contributed by atoms with Crippen molar-refractivity contribution in [3.8, 4) is 5.75 Å². The van der Waals surface area contributed by atoms with Crippen molar-refractivity contribution in [3.05, 3.63) is 54.1 Å². The summed E-state index contributed by atoms with van der Waals surface area (Å²) in [5.41, 5.74) is 1.39. The van der Waals surface area contributed by atoms with Crippen LogP contribution in [-0.2, 0) is 24.3 Å². The van der Waals surface area contributed by atoms with Gasteiger partial charge < -0.3 is 14.4 Å². The van der Waals surface area contributed by atoms with Crippen LogP contribution in [0.1, 0.15) is 25.3 Å². The van der Waals surface area contributed by atoms with E-state index in [4.69, 9.17) is 9.47 Å². The lowest BCUT2D eigenvalue weighted by molar-refractivity contribution is -0.148. The summed E-state index contributed by atoms with van der Waals surface area (Å²) >= 11 is 0. The third-order valence-electron chi connectivity index (χ3n) is 5.71. The Bertz CT molecular complexity index is 1060. The number of benzene rings is 2. The van der Waals surface area contributed by atoms with Gasteiger partial charge in [-0.05, 0) is 63.1 Å². The minimum absolute atomic E-state index is 0.0729. The third kappa shape index (κ3) is 5.84. The van der Waals surface area contributed by atoms with E-state index in [0.29, 0.717) is 44.0 Å². The average Bonchev–Trinajstić information content (AvgIpc) is 2.83. The lowest BCUT2D eigenvalue weighted by Crippen LogP contribution is -2.46. The molecule has 0 aliphatic carbocycles. The van der Waals surface area contributed by atoms with Gasteiger partial charge in [-0.15, -0.1) is 0 Å². The van der Waals surface area contributed by atoms with Crippen LogP contribution in [0.4, 0.5) is 5.69 Å². The Morgan fingerprint density at radius 1 is 1.03 bits per heavy atom. The Morgan fingerprint density at radius 2 is 1.64 bits per heavy atom. The number of sulfonamides is 1. The van der Waals surface area contributed by atoms with Crippen LogP contribution in [0.2, 0.25) is 0 Å². The number of piperidine rings is 1. The van der Waals surface area contributed by atoms with E-state index in [-0.39, 0.29) is 29.2 Å². The van der Waals surface area contributed by atoms with Crippen molar-refractivity contribution < 1.29 is 27.5 Å². The van der Waals surface area contributed by atoms with Gasteiger partial charge in [0.25, 0.3) is 10.0 Å². The van der Waals surface area contributed by atoms with Crippen LogP contribution in [0.15, 0.2) is 53.4 Å². The molecule has 1 saturated heterocycles. The summed E-state index contributed by atoms with van der Waals surface area (Å²) < 4.78 is 38.4. The topological polar surface area (TPSA) is 93.2 Å². The zero-order valence-corrected chi connectivity index (χ0v) is 20.0. The first kappa shape index (κ1) is 24.6. The van der Waals surface area contributed by atoms with Gasteiger partial charge in [-0.2, -0.15) is 0 Å². The van der Waals surface area contributed by atoms with E-state index in [9.17, 15) is 18.0 Å². The van der Waals surface area contributed by atoms with Gasteiger partial charge in [0.15, 0.2) is 0 Å². The van der Waals surface area contributed by atoms with E-state index in [1.165, 1.54) is 19.2 Å². The van der Waals surface area contributed by atoms with E-state index in [2.05, 4.69) is 0 Å². The average molecular weight is 475 g/mol. The number of methoxy groups -OCH3 is 1. The quantitative estimate of drug-likeness (QED) is 0.546. The maximum absolute atomic E-state index is 13.5. The molecule has 2 aromatic carbocycles. The van der Waals surface area contributed by atoms with Crippen molar-refractivity contribution in [2.45, 2.75) is 31.6 Å². The summed E-state index contributed by atoms with van der Waals surface area (Å²) in [7, 11) is -2.65. The number of rotatable bonds is 8. The zero-order valence-electron chi connectivity index (χ0n) is 19.2. The van der Waals surface area contributed by atoms with Crippen molar-refractivity contribution >= 4 is 27.6 Å². The highest BCUT2D eigenvalue weighted by atomic mass is 32.2. The highest BCUT2D eigenvalue weighted by Gasteiger charge is 2.32. The van der Waals surface area contributed by atoms with Crippen molar-refractivity contribution in [2.24, 2.45) is 5.92 Å². The standard InChI is InChI=1S/C24H30N2O6S/c1-4-32-21-9-11-22(12-10-21)33(29,30)26(20-7-5-18(2)6-8-20)17-23(27)25-15-13-19(14-16-25)24(28)31-3/h5-12,19H,4,13-17H2,1-3H3. The highest BCUT2D eigenvalue weighted by Crippen LogP contribution is 2.26. The van der Waals surface area contributed by atoms with E-state index < -0.39 is 10.0 Å². The van der Waals surface area contributed by atoms with Crippen LogP contribution in [0.5, 0.6) is 5.75 Å². The molecule has 2 aromatic rings. The SMILES string of the molecule is CCOc1ccc(S(=O)(=O)N(CC(=O)N2CCC(C(=O)OC)CC2)c2ccc(C)cc2)cc1. The van der Waals surface area contributed by atoms with Crippen LogP contribution >= 0.6 is 0 Å². The van der Waals surface area contributed by atoms with Gasteiger partial charge in [-0.1, -0.05) is 17.7 Å². The molecule has 0 radical (unpaired) electrons. The molecular weight excluding hydrogens is 444 g/mol. The summed E-state index contributed by atoms with van der Waals surface area (Å²) in [6.07, 6.45) is 0.989. The number of carbonyl (C=O) groups excluding carboxylic acids is 2. The Labute approximate surface area is 195 Å². The fourth-order valence-corrected chi connectivity index (χ4v) is 5.20. The number of ether oxygens (including phenoxy) is 2. The van der Waals surface area contributed by atoms with E-state index >= 15 is 0 Å². The first-order chi connectivity index (χ1) is 15.8. The van der Waals surface area contributed by atoms with Crippen LogP contribution in [0.25, 0.3) is 0 Å². The van der Waals surface area contributed by atoms with Gasteiger partial charge in [0.1, 0.15) is 12.3 Å². The Hall–Kier alpha value is -3.07. The van der Waals surface area contributed by atoms with Gasteiger partial charge in [-0.25, -0.2) is 8.42 Å². The molecule has 1 amide bonds. The third-order valence-corrected chi connectivity index (χ3v) is 7.49. The normalized spacial score (nSPS) is 14.6.